The summed E-state index contributed by atoms with van der Waals surface area (Å²) in [4.78, 5) is 0. The van der Waals surface area contributed by atoms with E-state index in [0.717, 1.165) is 23.1 Å². The molecular formula is C10H15BrN2O2. The monoisotopic (exact) mass is 274 g/mol. The summed E-state index contributed by atoms with van der Waals surface area (Å²) in [6.45, 7) is 2.07. The van der Waals surface area contributed by atoms with Crippen molar-refractivity contribution in [2.24, 2.45) is 5.84 Å². The number of furan rings is 1. The fraction of sp³-hybridized carbons (Fsp3) is 0.600. The van der Waals surface area contributed by atoms with E-state index < -0.39 is 0 Å². The number of ether oxygens (including phenoxy) is 1. The second kappa shape index (κ2) is 4.65. The number of hydrazine groups is 1. The third kappa shape index (κ3) is 2.25. The highest BCUT2D eigenvalue weighted by atomic mass is 79.9. The highest BCUT2D eigenvalue weighted by Crippen LogP contribution is 2.33. The Morgan fingerprint density at radius 3 is 2.87 bits per heavy atom. The molecule has 5 heteroatoms. The van der Waals surface area contributed by atoms with E-state index in [4.69, 9.17) is 15.0 Å². The Bertz CT molecular complexity index is 329. The summed E-state index contributed by atoms with van der Waals surface area (Å²) in [5.74, 6) is 6.35. The molecule has 0 bridgehead atoms. The molecule has 3 unspecified atom stereocenters. The summed E-state index contributed by atoms with van der Waals surface area (Å²) in [6.07, 6.45) is 4.11. The zero-order valence-corrected chi connectivity index (χ0v) is 10.2. The van der Waals surface area contributed by atoms with Gasteiger partial charge in [-0.1, -0.05) is 0 Å². The zero-order valence-electron chi connectivity index (χ0n) is 8.57. The van der Waals surface area contributed by atoms with Crippen LogP contribution in [-0.4, -0.2) is 12.2 Å². The van der Waals surface area contributed by atoms with E-state index in [9.17, 15) is 0 Å². The molecule has 0 amide bonds. The molecule has 0 aliphatic carbocycles. The molecule has 3 atom stereocenters. The van der Waals surface area contributed by atoms with Crippen molar-refractivity contribution in [3.05, 3.63) is 22.6 Å². The van der Waals surface area contributed by atoms with E-state index in [2.05, 4.69) is 28.3 Å². The largest absolute Gasteiger partial charge is 0.466 e. The van der Waals surface area contributed by atoms with Crippen LogP contribution in [0.3, 0.4) is 0 Å². The maximum atomic E-state index is 5.77. The van der Waals surface area contributed by atoms with Crippen molar-refractivity contribution in [2.75, 3.05) is 0 Å². The van der Waals surface area contributed by atoms with Gasteiger partial charge in [0.25, 0.3) is 0 Å². The quantitative estimate of drug-likeness (QED) is 0.655. The molecule has 84 valence electrons. The lowest BCUT2D eigenvalue weighted by Crippen LogP contribution is -2.36. The van der Waals surface area contributed by atoms with Crippen LogP contribution in [0.4, 0.5) is 0 Å². The first-order valence-corrected chi connectivity index (χ1v) is 5.86. The van der Waals surface area contributed by atoms with Crippen molar-refractivity contribution in [3.63, 3.8) is 0 Å². The molecule has 15 heavy (non-hydrogen) atoms. The van der Waals surface area contributed by atoms with Gasteiger partial charge in [-0.2, -0.15) is 0 Å². The minimum absolute atomic E-state index is 0.0840. The molecule has 1 aromatic heterocycles. The van der Waals surface area contributed by atoms with Gasteiger partial charge in [-0.3, -0.25) is 5.84 Å². The van der Waals surface area contributed by atoms with Gasteiger partial charge in [0.1, 0.15) is 11.8 Å². The third-order valence-corrected chi connectivity index (χ3v) is 3.40. The Balaban J connectivity index is 2.14. The Hall–Kier alpha value is -0.360. The molecule has 1 aromatic rings. The van der Waals surface area contributed by atoms with E-state index in [1.165, 1.54) is 0 Å². The van der Waals surface area contributed by atoms with Gasteiger partial charge in [0, 0.05) is 0 Å². The minimum Gasteiger partial charge on any atom is -0.466 e. The van der Waals surface area contributed by atoms with Crippen molar-refractivity contribution < 1.29 is 9.15 Å². The van der Waals surface area contributed by atoms with Gasteiger partial charge in [0.2, 0.25) is 0 Å². The maximum Gasteiger partial charge on any atom is 0.138 e. The Morgan fingerprint density at radius 2 is 2.40 bits per heavy atom. The summed E-state index contributed by atoms with van der Waals surface area (Å²) in [5.41, 5.74) is 2.76. The summed E-state index contributed by atoms with van der Waals surface area (Å²) >= 11 is 3.43. The average molecular weight is 275 g/mol. The fourth-order valence-corrected chi connectivity index (χ4v) is 2.41. The van der Waals surface area contributed by atoms with Crippen molar-refractivity contribution in [1.82, 2.24) is 5.43 Å². The molecule has 0 saturated carbocycles. The van der Waals surface area contributed by atoms with Crippen LogP contribution in [0.5, 0.6) is 0 Å². The summed E-state index contributed by atoms with van der Waals surface area (Å²) in [5, 5.41) is 0. The Labute approximate surface area is 97.3 Å². The number of nitrogens with two attached hydrogens (primary N) is 1. The summed E-state index contributed by atoms with van der Waals surface area (Å²) in [7, 11) is 0. The van der Waals surface area contributed by atoms with Gasteiger partial charge in [-0.05, 0) is 41.8 Å². The summed E-state index contributed by atoms with van der Waals surface area (Å²) in [6, 6.07) is 1.78. The van der Waals surface area contributed by atoms with Crippen molar-refractivity contribution in [3.8, 4) is 0 Å². The van der Waals surface area contributed by atoms with Crippen LogP contribution in [0.25, 0.3) is 0 Å². The number of hydrogen-bond donors (Lipinski definition) is 2. The van der Waals surface area contributed by atoms with Gasteiger partial charge < -0.3 is 9.15 Å². The molecular weight excluding hydrogens is 260 g/mol. The predicted molar refractivity (Wildman–Crippen MR) is 60.0 cm³/mol. The van der Waals surface area contributed by atoms with Crippen LogP contribution in [0, 0.1) is 0 Å². The molecule has 2 rings (SSSR count). The van der Waals surface area contributed by atoms with Gasteiger partial charge in [0.05, 0.1) is 22.9 Å². The van der Waals surface area contributed by atoms with Crippen molar-refractivity contribution in [1.29, 1.82) is 0 Å². The topological polar surface area (TPSA) is 60.4 Å². The first kappa shape index (κ1) is 11.1. The number of hydrogen-bond acceptors (Lipinski definition) is 4. The molecule has 3 N–H and O–H groups in total. The number of halogens is 1. The van der Waals surface area contributed by atoms with Crippen LogP contribution in [0.15, 0.2) is 21.2 Å². The van der Waals surface area contributed by atoms with Crippen LogP contribution < -0.4 is 11.3 Å². The first-order valence-electron chi connectivity index (χ1n) is 5.07. The molecule has 0 spiro atoms. The van der Waals surface area contributed by atoms with Gasteiger partial charge >= 0.3 is 0 Å². The van der Waals surface area contributed by atoms with Gasteiger partial charge in [0.15, 0.2) is 0 Å². The Morgan fingerprint density at radius 1 is 1.60 bits per heavy atom. The lowest BCUT2D eigenvalue weighted by atomic mass is 10.1. The van der Waals surface area contributed by atoms with E-state index in [1.807, 2.05) is 6.07 Å². The summed E-state index contributed by atoms with van der Waals surface area (Å²) < 4.78 is 12.1. The standard InChI is InChI=1S/C10H15BrN2O2/c1-6-2-3-8(15-6)9(13-12)10-7(11)4-5-14-10/h4-6,8-9,13H,2-3,12H2,1H3. The van der Waals surface area contributed by atoms with Crippen LogP contribution >= 0.6 is 15.9 Å². The van der Waals surface area contributed by atoms with Gasteiger partial charge in [-0.15, -0.1) is 0 Å². The van der Waals surface area contributed by atoms with E-state index >= 15 is 0 Å². The van der Waals surface area contributed by atoms with Crippen LogP contribution in [0.1, 0.15) is 31.6 Å². The van der Waals surface area contributed by atoms with Crippen molar-refractivity contribution in [2.45, 2.75) is 38.0 Å². The Kier molecular flexibility index (Phi) is 3.45. The number of nitrogens with one attached hydrogen (secondary N) is 1. The van der Waals surface area contributed by atoms with Crippen LogP contribution in [0.2, 0.25) is 0 Å². The highest BCUT2D eigenvalue weighted by molar-refractivity contribution is 9.10. The van der Waals surface area contributed by atoms with Gasteiger partial charge in [-0.25, -0.2) is 5.43 Å². The molecule has 0 radical (unpaired) electrons. The predicted octanol–water partition coefficient (Wildman–Crippen LogP) is 2.11. The molecule has 1 aliphatic heterocycles. The molecule has 1 aliphatic rings. The average Bonchev–Trinajstić information content (AvgIpc) is 2.79. The SMILES string of the molecule is CC1CCC(C(NN)c2occc2Br)O1. The maximum absolute atomic E-state index is 5.77. The zero-order chi connectivity index (χ0) is 10.8. The normalized spacial score (nSPS) is 28.2. The van der Waals surface area contributed by atoms with E-state index in [-0.39, 0.29) is 12.1 Å². The van der Waals surface area contributed by atoms with E-state index in [0.29, 0.717) is 6.10 Å². The molecule has 2 heterocycles. The fourth-order valence-electron chi connectivity index (χ4n) is 1.96. The first-order chi connectivity index (χ1) is 7.22. The van der Waals surface area contributed by atoms with E-state index in [1.54, 1.807) is 6.26 Å². The number of rotatable bonds is 3. The second-order valence-corrected chi connectivity index (χ2v) is 4.69. The highest BCUT2D eigenvalue weighted by Gasteiger charge is 2.32. The molecule has 1 fully saturated rings. The molecule has 1 saturated heterocycles. The molecule has 4 nitrogen and oxygen atoms in total. The van der Waals surface area contributed by atoms with Crippen molar-refractivity contribution >= 4 is 15.9 Å². The molecule has 0 aromatic carbocycles. The minimum atomic E-state index is -0.0840. The lowest BCUT2D eigenvalue weighted by Gasteiger charge is -2.21. The third-order valence-electron chi connectivity index (χ3n) is 2.74. The lowest BCUT2D eigenvalue weighted by molar-refractivity contribution is 0.0265. The second-order valence-electron chi connectivity index (χ2n) is 3.84. The smallest absolute Gasteiger partial charge is 0.138 e. The van der Waals surface area contributed by atoms with Crippen LogP contribution in [-0.2, 0) is 4.74 Å².